The predicted molar refractivity (Wildman–Crippen MR) is 102 cm³/mol. The highest BCUT2D eigenvalue weighted by Gasteiger charge is 2.46. The largest absolute Gasteiger partial charge is 0.384 e. The van der Waals surface area contributed by atoms with E-state index in [4.69, 9.17) is 10.5 Å². The van der Waals surface area contributed by atoms with Crippen LogP contribution in [0.2, 0.25) is 0 Å². The summed E-state index contributed by atoms with van der Waals surface area (Å²) in [5, 5.41) is 2.73. The molecule has 1 aliphatic heterocycles. The fourth-order valence-corrected chi connectivity index (χ4v) is 4.58. The van der Waals surface area contributed by atoms with Crippen molar-refractivity contribution in [3.8, 4) is 0 Å². The highest BCUT2D eigenvalue weighted by atomic mass is 19.1. The number of ether oxygens (including phenoxy) is 1. The van der Waals surface area contributed by atoms with Crippen molar-refractivity contribution in [1.82, 2.24) is 14.5 Å². The highest BCUT2D eigenvalue weighted by Crippen LogP contribution is 2.55. The molecule has 9 heteroatoms. The number of pyridine rings is 1. The van der Waals surface area contributed by atoms with Crippen LogP contribution in [-0.4, -0.2) is 27.7 Å². The van der Waals surface area contributed by atoms with Crippen molar-refractivity contribution >= 4 is 28.5 Å². The quantitative estimate of drug-likeness (QED) is 0.682. The molecule has 0 atom stereocenters. The predicted octanol–water partition coefficient (Wildman–Crippen LogP) is 4.31. The van der Waals surface area contributed by atoms with Gasteiger partial charge in [-0.15, -0.1) is 0 Å². The number of hydrogen-bond donors (Lipinski definition) is 2. The van der Waals surface area contributed by atoms with E-state index >= 15 is 0 Å². The van der Waals surface area contributed by atoms with E-state index < -0.39 is 23.1 Å². The standard InChI is InChI=1S/C20H20F3N5O/c21-11-5-13(22)18(14(23)6-11)27-19-26-15-10-25-17(24)7-16(15)28(19)12-8-20(9-12)1-3-29-4-2-20/h5-7,10,12H,1-4,8-9H2,(H2,24,25)(H,26,27). The monoisotopic (exact) mass is 403 g/mol. The van der Waals surface area contributed by atoms with Gasteiger partial charge in [0.05, 0.1) is 11.7 Å². The molecule has 29 heavy (non-hydrogen) atoms. The summed E-state index contributed by atoms with van der Waals surface area (Å²) in [6, 6.07) is 3.09. The number of benzene rings is 1. The molecular formula is C20H20F3N5O. The summed E-state index contributed by atoms with van der Waals surface area (Å²) in [7, 11) is 0. The minimum atomic E-state index is -1.02. The van der Waals surface area contributed by atoms with Crippen molar-refractivity contribution in [2.24, 2.45) is 5.41 Å². The molecule has 2 aliphatic rings. The van der Waals surface area contributed by atoms with Crippen LogP contribution in [0.3, 0.4) is 0 Å². The van der Waals surface area contributed by atoms with Gasteiger partial charge in [-0.05, 0) is 31.1 Å². The van der Waals surface area contributed by atoms with E-state index in [1.54, 1.807) is 6.07 Å². The summed E-state index contributed by atoms with van der Waals surface area (Å²) < 4.78 is 49.1. The molecule has 1 saturated carbocycles. The van der Waals surface area contributed by atoms with Crippen molar-refractivity contribution in [2.45, 2.75) is 31.7 Å². The summed E-state index contributed by atoms with van der Waals surface area (Å²) in [5.74, 6) is -2.40. The molecule has 6 nitrogen and oxygen atoms in total. The molecule has 2 aromatic heterocycles. The Balaban J connectivity index is 1.55. The molecule has 0 radical (unpaired) electrons. The van der Waals surface area contributed by atoms with Crippen LogP contribution < -0.4 is 11.1 Å². The van der Waals surface area contributed by atoms with Gasteiger partial charge in [0.1, 0.15) is 22.8 Å². The van der Waals surface area contributed by atoms with Gasteiger partial charge in [-0.1, -0.05) is 0 Å². The Labute approximate surface area is 164 Å². The lowest BCUT2D eigenvalue weighted by Crippen LogP contribution is -2.42. The second-order valence-electron chi connectivity index (χ2n) is 7.95. The number of hydrogen-bond acceptors (Lipinski definition) is 5. The zero-order valence-electron chi connectivity index (χ0n) is 15.6. The van der Waals surface area contributed by atoms with Crippen molar-refractivity contribution in [3.05, 3.63) is 41.8 Å². The van der Waals surface area contributed by atoms with Gasteiger partial charge in [0.25, 0.3) is 0 Å². The van der Waals surface area contributed by atoms with Crippen LogP contribution in [0, 0.1) is 22.9 Å². The molecule has 5 rings (SSSR count). The molecule has 0 bridgehead atoms. The number of nitrogens with two attached hydrogens (primary N) is 1. The van der Waals surface area contributed by atoms with Crippen molar-refractivity contribution in [3.63, 3.8) is 0 Å². The van der Waals surface area contributed by atoms with Gasteiger partial charge in [-0.2, -0.15) is 0 Å². The Kier molecular flexibility index (Phi) is 4.16. The van der Waals surface area contributed by atoms with Crippen LogP contribution in [0.25, 0.3) is 11.0 Å². The fraction of sp³-hybridized carbons (Fsp3) is 0.400. The maximum atomic E-state index is 14.2. The topological polar surface area (TPSA) is 78.0 Å². The second kappa shape index (κ2) is 6.62. The number of fused-ring (bicyclic) bond motifs is 1. The Morgan fingerprint density at radius 2 is 1.79 bits per heavy atom. The average molecular weight is 403 g/mol. The van der Waals surface area contributed by atoms with Gasteiger partial charge in [0.15, 0.2) is 11.6 Å². The number of nitrogens with one attached hydrogen (secondary N) is 1. The zero-order valence-corrected chi connectivity index (χ0v) is 15.6. The number of rotatable bonds is 3. The number of halogens is 3. The van der Waals surface area contributed by atoms with Crippen LogP contribution in [0.1, 0.15) is 31.7 Å². The third-order valence-electron chi connectivity index (χ3n) is 6.10. The Bertz CT molecular complexity index is 1060. The van der Waals surface area contributed by atoms with Gasteiger partial charge in [0, 0.05) is 37.5 Å². The van der Waals surface area contributed by atoms with Crippen LogP contribution in [0.15, 0.2) is 24.4 Å². The lowest BCUT2D eigenvalue weighted by Gasteiger charge is -2.50. The molecule has 3 aromatic rings. The average Bonchev–Trinajstić information content (AvgIpc) is 3.00. The molecule has 152 valence electrons. The van der Waals surface area contributed by atoms with E-state index in [0.29, 0.717) is 23.5 Å². The molecule has 1 aliphatic carbocycles. The molecule has 1 spiro atoms. The molecule has 1 aromatic carbocycles. The van der Waals surface area contributed by atoms with Crippen molar-refractivity contribution in [1.29, 1.82) is 0 Å². The van der Waals surface area contributed by atoms with E-state index in [2.05, 4.69) is 15.3 Å². The lowest BCUT2D eigenvalue weighted by molar-refractivity contribution is -0.0528. The third-order valence-corrected chi connectivity index (χ3v) is 6.10. The van der Waals surface area contributed by atoms with Gasteiger partial charge in [0.2, 0.25) is 5.95 Å². The number of anilines is 3. The van der Waals surface area contributed by atoms with E-state index in [9.17, 15) is 13.2 Å². The van der Waals surface area contributed by atoms with Gasteiger partial charge >= 0.3 is 0 Å². The Hall–Kier alpha value is -2.81. The molecule has 1 saturated heterocycles. The molecule has 2 fully saturated rings. The normalized spacial score (nSPS) is 18.9. The first-order valence-corrected chi connectivity index (χ1v) is 9.57. The maximum absolute atomic E-state index is 14.2. The number of imidazole rings is 1. The minimum absolute atomic E-state index is 0.106. The maximum Gasteiger partial charge on any atom is 0.208 e. The van der Waals surface area contributed by atoms with Gasteiger partial charge in [-0.25, -0.2) is 23.1 Å². The van der Waals surface area contributed by atoms with Crippen molar-refractivity contribution < 1.29 is 17.9 Å². The first-order valence-electron chi connectivity index (χ1n) is 9.57. The van der Waals surface area contributed by atoms with E-state index in [1.807, 2.05) is 4.57 Å². The van der Waals surface area contributed by atoms with Crippen LogP contribution >= 0.6 is 0 Å². The van der Waals surface area contributed by atoms with Crippen LogP contribution in [0.5, 0.6) is 0 Å². The lowest BCUT2D eigenvalue weighted by atomic mass is 9.61. The Morgan fingerprint density at radius 3 is 2.48 bits per heavy atom. The summed E-state index contributed by atoms with van der Waals surface area (Å²) in [6.07, 6.45) is 5.39. The first kappa shape index (κ1) is 18.2. The number of aromatic nitrogens is 3. The second-order valence-corrected chi connectivity index (χ2v) is 7.95. The fourth-order valence-electron chi connectivity index (χ4n) is 4.58. The molecule has 3 heterocycles. The molecule has 0 unspecified atom stereocenters. The molecule has 0 amide bonds. The molecule has 3 N–H and O–H groups in total. The van der Waals surface area contributed by atoms with Crippen LogP contribution in [-0.2, 0) is 4.74 Å². The highest BCUT2D eigenvalue weighted by molar-refractivity contribution is 5.81. The van der Waals surface area contributed by atoms with E-state index in [0.717, 1.165) is 44.4 Å². The molecular weight excluding hydrogens is 383 g/mol. The van der Waals surface area contributed by atoms with Gasteiger partial charge in [-0.3, -0.25) is 0 Å². The summed E-state index contributed by atoms with van der Waals surface area (Å²) in [4.78, 5) is 8.53. The number of nitrogens with zero attached hydrogens (tertiary/aromatic N) is 3. The van der Waals surface area contributed by atoms with Crippen LogP contribution in [0.4, 0.5) is 30.6 Å². The third kappa shape index (κ3) is 3.09. The minimum Gasteiger partial charge on any atom is -0.384 e. The Morgan fingerprint density at radius 1 is 1.10 bits per heavy atom. The van der Waals surface area contributed by atoms with Crippen molar-refractivity contribution in [2.75, 3.05) is 24.3 Å². The first-order chi connectivity index (χ1) is 13.9. The van der Waals surface area contributed by atoms with E-state index in [1.165, 1.54) is 6.20 Å². The smallest absolute Gasteiger partial charge is 0.208 e. The summed E-state index contributed by atoms with van der Waals surface area (Å²) in [5.41, 5.74) is 6.97. The number of nitrogen functional groups attached to an aromatic ring is 1. The zero-order chi connectivity index (χ0) is 20.2. The van der Waals surface area contributed by atoms with E-state index in [-0.39, 0.29) is 17.4 Å². The summed E-state index contributed by atoms with van der Waals surface area (Å²) >= 11 is 0. The summed E-state index contributed by atoms with van der Waals surface area (Å²) in [6.45, 7) is 1.51. The SMILES string of the molecule is Nc1cc2c(cn1)nc(Nc1c(F)cc(F)cc1F)n2C1CC2(CCOCC2)C1. The van der Waals surface area contributed by atoms with Gasteiger partial charge < -0.3 is 20.4 Å².